The van der Waals surface area contributed by atoms with Crippen LogP contribution in [0.5, 0.6) is 11.6 Å². The molecular weight excluding hydrogens is 266 g/mol. The second kappa shape index (κ2) is 5.56. The van der Waals surface area contributed by atoms with E-state index in [1.807, 2.05) is 19.1 Å². The number of nitrogens with zero attached hydrogens (tertiary/aromatic N) is 1. The summed E-state index contributed by atoms with van der Waals surface area (Å²) < 4.78 is 5.81. The molecule has 1 heterocycles. The number of ether oxygens (including phenoxy) is 1. The predicted octanol–water partition coefficient (Wildman–Crippen LogP) is 4.18. The normalized spacial score (nSPS) is 11.2. The number of aromatic nitrogens is 1. The maximum Gasteiger partial charge on any atom is 0.335 e. The van der Waals surface area contributed by atoms with Gasteiger partial charge in [0, 0.05) is 17.8 Å². The van der Waals surface area contributed by atoms with Gasteiger partial charge < -0.3 is 9.84 Å². The Morgan fingerprint density at radius 1 is 1.19 bits per heavy atom. The van der Waals surface area contributed by atoms with Gasteiger partial charge in [0.1, 0.15) is 5.75 Å². The molecule has 0 saturated carbocycles. The molecular formula is C17H19NO3. The van der Waals surface area contributed by atoms with E-state index >= 15 is 0 Å². The van der Waals surface area contributed by atoms with E-state index < -0.39 is 5.97 Å². The summed E-state index contributed by atoms with van der Waals surface area (Å²) in [5.74, 6) is -0.0189. The number of hydrogen-bond donors (Lipinski definition) is 1. The Hall–Kier alpha value is -2.36. The molecule has 0 spiro atoms. The number of carbonyl (C=O) groups is 1. The van der Waals surface area contributed by atoms with Crippen molar-refractivity contribution in [3.63, 3.8) is 0 Å². The lowest BCUT2D eigenvalue weighted by atomic mass is 9.85. The maximum atomic E-state index is 11.0. The second-order valence-corrected chi connectivity index (χ2v) is 6.04. The van der Waals surface area contributed by atoms with Crippen LogP contribution in [0.2, 0.25) is 0 Å². The lowest BCUT2D eigenvalue weighted by molar-refractivity contribution is 0.0696. The third-order valence-corrected chi connectivity index (χ3v) is 3.14. The third-order valence-electron chi connectivity index (χ3n) is 3.14. The number of benzene rings is 1. The van der Waals surface area contributed by atoms with Gasteiger partial charge in [-0.25, -0.2) is 9.78 Å². The van der Waals surface area contributed by atoms with Crippen LogP contribution in [-0.2, 0) is 5.41 Å². The number of carboxylic acids is 1. The zero-order chi connectivity index (χ0) is 15.6. The first kappa shape index (κ1) is 15.0. The molecule has 0 atom stereocenters. The van der Waals surface area contributed by atoms with E-state index in [2.05, 4.69) is 31.8 Å². The molecule has 110 valence electrons. The standard InChI is InChI=1S/C17H19NO3/c1-11-5-6-14(13(9-11)17(2,3)4)21-15-10-12(16(19)20)7-8-18-15/h5-10H,1-4H3,(H,19,20). The van der Waals surface area contributed by atoms with E-state index in [4.69, 9.17) is 9.84 Å². The summed E-state index contributed by atoms with van der Waals surface area (Å²) in [6, 6.07) is 8.80. The molecule has 4 nitrogen and oxygen atoms in total. The number of pyridine rings is 1. The lowest BCUT2D eigenvalue weighted by Crippen LogP contribution is -2.13. The molecule has 0 radical (unpaired) electrons. The van der Waals surface area contributed by atoms with Gasteiger partial charge in [-0.05, 0) is 24.5 Å². The highest BCUT2D eigenvalue weighted by molar-refractivity contribution is 5.87. The smallest absolute Gasteiger partial charge is 0.335 e. The van der Waals surface area contributed by atoms with Crippen molar-refractivity contribution in [3.8, 4) is 11.6 Å². The Morgan fingerprint density at radius 2 is 1.90 bits per heavy atom. The summed E-state index contributed by atoms with van der Waals surface area (Å²) >= 11 is 0. The van der Waals surface area contributed by atoms with Crippen molar-refractivity contribution in [1.82, 2.24) is 4.98 Å². The first-order valence-corrected chi connectivity index (χ1v) is 6.76. The van der Waals surface area contributed by atoms with Gasteiger partial charge in [-0.3, -0.25) is 0 Å². The first-order valence-electron chi connectivity index (χ1n) is 6.76. The monoisotopic (exact) mass is 285 g/mol. The molecule has 4 heteroatoms. The van der Waals surface area contributed by atoms with Crippen molar-refractivity contribution in [1.29, 1.82) is 0 Å². The van der Waals surface area contributed by atoms with Gasteiger partial charge in [0.15, 0.2) is 0 Å². The molecule has 0 aliphatic heterocycles. The Kier molecular flexibility index (Phi) is 3.98. The zero-order valence-electron chi connectivity index (χ0n) is 12.7. The van der Waals surface area contributed by atoms with E-state index in [1.165, 1.54) is 18.3 Å². The molecule has 0 aliphatic carbocycles. The summed E-state index contributed by atoms with van der Waals surface area (Å²) in [5.41, 5.74) is 2.29. The molecule has 0 aliphatic rings. The molecule has 2 aromatic rings. The minimum absolute atomic E-state index is 0.0776. The first-order chi connectivity index (χ1) is 9.77. The van der Waals surface area contributed by atoms with E-state index in [1.54, 1.807) is 0 Å². The van der Waals surface area contributed by atoms with Gasteiger partial charge in [-0.15, -0.1) is 0 Å². The molecule has 2 rings (SSSR count). The molecule has 0 saturated heterocycles. The topological polar surface area (TPSA) is 59.4 Å². The summed E-state index contributed by atoms with van der Waals surface area (Å²) in [6.07, 6.45) is 1.43. The van der Waals surface area contributed by atoms with E-state index in [9.17, 15) is 4.79 Å². The van der Waals surface area contributed by atoms with Gasteiger partial charge in [-0.2, -0.15) is 0 Å². The summed E-state index contributed by atoms with van der Waals surface area (Å²) in [6.45, 7) is 8.35. The van der Waals surface area contributed by atoms with Crippen molar-refractivity contribution < 1.29 is 14.6 Å². The van der Waals surface area contributed by atoms with E-state index in [0.29, 0.717) is 5.75 Å². The fourth-order valence-electron chi connectivity index (χ4n) is 2.03. The molecule has 0 amide bonds. The van der Waals surface area contributed by atoms with Crippen molar-refractivity contribution in [3.05, 3.63) is 53.2 Å². The van der Waals surface area contributed by atoms with E-state index in [-0.39, 0.29) is 16.9 Å². The summed E-state index contributed by atoms with van der Waals surface area (Å²) in [7, 11) is 0. The van der Waals surface area contributed by atoms with Crippen LogP contribution in [0.1, 0.15) is 42.3 Å². The van der Waals surface area contributed by atoms with Crippen LogP contribution in [0, 0.1) is 6.92 Å². The van der Waals surface area contributed by atoms with Crippen LogP contribution in [0.3, 0.4) is 0 Å². The van der Waals surface area contributed by atoms with Crippen LogP contribution in [-0.4, -0.2) is 16.1 Å². The highest BCUT2D eigenvalue weighted by atomic mass is 16.5. The molecule has 21 heavy (non-hydrogen) atoms. The summed E-state index contributed by atoms with van der Waals surface area (Å²) in [4.78, 5) is 15.1. The van der Waals surface area contributed by atoms with Crippen molar-refractivity contribution in [2.75, 3.05) is 0 Å². The highest BCUT2D eigenvalue weighted by Crippen LogP contribution is 2.34. The SMILES string of the molecule is Cc1ccc(Oc2cc(C(=O)O)ccn2)c(C(C)(C)C)c1. The number of rotatable bonds is 3. The minimum Gasteiger partial charge on any atom is -0.478 e. The molecule has 1 N–H and O–H groups in total. The lowest BCUT2D eigenvalue weighted by Gasteiger charge is -2.23. The average Bonchev–Trinajstić information content (AvgIpc) is 2.40. The molecule has 1 aromatic heterocycles. The Bertz CT molecular complexity index is 672. The van der Waals surface area contributed by atoms with Crippen molar-refractivity contribution in [2.45, 2.75) is 33.1 Å². The van der Waals surface area contributed by atoms with Gasteiger partial charge in [0.05, 0.1) is 5.56 Å². The van der Waals surface area contributed by atoms with Crippen LogP contribution >= 0.6 is 0 Å². The molecule has 0 bridgehead atoms. The minimum atomic E-state index is -0.998. The Labute approximate surface area is 124 Å². The largest absolute Gasteiger partial charge is 0.478 e. The van der Waals surface area contributed by atoms with Gasteiger partial charge in [-0.1, -0.05) is 38.5 Å². The Balaban J connectivity index is 2.40. The van der Waals surface area contributed by atoms with Gasteiger partial charge >= 0.3 is 5.97 Å². The van der Waals surface area contributed by atoms with Gasteiger partial charge in [0.2, 0.25) is 5.88 Å². The zero-order valence-corrected chi connectivity index (χ0v) is 12.7. The fraction of sp³-hybridized carbons (Fsp3) is 0.294. The maximum absolute atomic E-state index is 11.0. The number of carboxylic acid groups (broad SMARTS) is 1. The number of aryl methyl sites for hydroxylation is 1. The van der Waals surface area contributed by atoms with Crippen molar-refractivity contribution in [2.24, 2.45) is 0 Å². The quantitative estimate of drug-likeness (QED) is 0.919. The fourth-order valence-corrected chi connectivity index (χ4v) is 2.03. The molecule has 0 fully saturated rings. The van der Waals surface area contributed by atoms with Crippen LogP contribution < -0.4 is 4.74 Å². The van der Waals surface area contributed by atoms with Crippen LogP contribution in [0.4, 0.5) is 0 Å². The summed E-state index contributed by atoms with van der Waals surface area (Å²) in [5, 5.41) is 9.01. The molecule has 0 unspecified atom stereocenters. The van der Waals surface area contributed by atoms with Crippen molar-refractivity contribution >= 4 is 5.97 Å². The van der Waals surface area contributed by atoms with Gasteiger partial charge in [0.25, 0.3) is 0 Å². The van der Waals surface area contributed by atoms with Crippen LogP contribution in [0.25, 0.3) is 0 Å². The number of aromatic carboxylic acids is 1. The Morgan fingerprint density at radius 3 is 2.52 bits per heavy atom. The predicted molar refractivity (Wildman–Crippen MR) is 81.1 cm³/mol. The molecule has 1 aromatic carbocycles. The average molecular weight is 285 g/mol. The second-order valence-electron chi connectivity index (χ2n) is 6.04. The number of hydrogen-bond acceptors (Lipinski definition) is 3. The van der Waals surface area contributed by atoms with E-state index in [0.717, 1.165) is 11.1 Å². The highest BCUT2D eigenvalue weighted by Gasteiger charge is 2.20. The third kappa shape index (κ3) is 3.60. The van der Waals surface area contributed by atoms with Crippen LogP contribution in [0.15, 0.2) is 36.5 Å².